The van der Waals surface area contributed by atoms with Gasteiger partial charge in [-0.25, -0.2) is 14.8 Å². The van der Waals surface area contributed by atoms with Gasteiger partial charge < -0.3 is 10.2 Å². The summed E-state index contributed by atoms with van der Waals surface area (Å²) in [6.07, 6.45) is 5.05. The zero-order valence-corrected chi connectivity index (χ0v) is 6.71. The van der Waals surface area contributed by atoms with Gasteiger partial charge in [0, 0.05) is 18.8 Å². The predicted octanol–water partition coefficient (Wildman–Crippen LogP) is 0.546. The predicted molar refractivity (Wildman–Crippen MR) is 44.1 cm³/mol. The molecule has 0 amide bonds. The monoisotopic (exact) mass is 180 g/mol. The van der Waals surface area contributed by atoms with Crippen LogP contribution in [0, 0.1) is 0 Å². The molecule has 1 heterocycles. The molecule has 1 rings (SSSR count). The Morgan fingerprint density at radius 3 is 2.54 bits per heavy atom. The largest absolute Gasteiger partial charge is 0.515 e. The van der Waals surface area contributed by atoms with Crippen molar-refractivity contribution in [1.29, 1.82) is 0 Å². The average Bonchev–Trinajstić information content (AvgIpc) is 2.15. The van der Waals surface area contributed by atoms with Gasteiger partial charge in [0.1, 0.15) is 6.33 Å². The number of hydrogen-bond acceptors (Lipinski definition) is 4. The van der Waals surface area contributed by atoms with Crippen molar-refractivity contribution in [3.05, 3.63) is 36.1 Å². The van der Waals surface area contributed by atoms with Crippen LogP contribution >= 0.6 is 0 Å². The standard InChI is InChI=1S/C8H8N2O3/c11-4-7(8(12)13)1-6-2-9-5-10-3-6/h2-5,11H,1H2,(H,12,13). The zero-order valence-electron chi connectivity index (χ0n) is 6.71. The quantitative estimate of drug-likeness (QED) is 0.524. The molecule has 13 heavy (non-hydrogen) atoms. The van der Waals surface area contributed by atoms with Crippen molar-refractivity contribution in [1.82, 2.24) is 9.97 Å². The van der Waals surface area contributed by atoms with Crippen LogP contribution in [0.2, 0.25) is 0 Å². The molecule has 5 heteroatoms. The Labute approximate surface area is 74.4 Å². The number of aromatic nitrogens is 2. The maximum atomic E-state index is 10.5. The molecule has 1 aromatic heterocycles. The highest BCUT2D eigenvalue weighted by molar-refractivity contribution is 5.86. The highest BCUT2D eigenvalue weighted by Gasteiger charge is 2.08. The normalized spacial score (nSPS) is 11.2. The Hall–Kier alpha value is -1.91. The van der Waals surface area contributed by atoms with E-state index in [1.54, 1.807) is 0 Å². The van der Waals surface area contributed by atoms with E-state index in [4.69, 9.17) is 10.2 Å². The number of nitrogens with zero attached hydrogens (tertiary/aromatic N) is 2. The molecule has 0 bridgehead atoms. The summed E-state index contributed by atoms with van der Waals surface area (Å²) in [5.74, 6) is -1.15. The molecule has 0 radical (unpaired) electrons. The van der Waals surface area contributed by atoms with Gasteiger partial charge in [-0.3, -0.25) is 0 Å². The fourth-order valence-corrected chi connectivity index (χ4v) is 0.818. The lowest BCUT2D eigenvalue weighted by atomic mass is 10.1. The fourth-order valence-electron chi connectivity index (χ4n) is 0.818. The van der Waals surface area contributed by atoms with E-state index in [2.05, 4.69) is 9.97 Å². The van der Waals surface area contributed by atoms with Gasteiger partial charge in [-0.15, -0.1) is 0 Å². The minimum Gasteiger partial charge on any atom is -0.515 e. The average molecular weight is 180 g/mol. The Morgan fingerprint density at radius 1 is 1.46 bits per heavy atom. The molecule has 2 N–H and O–H groups in total. The van der Waals surface area contributed by atoms with Gasteiger partial charge in [-0.2, -0.15) is 0 Å². The lowest BCUT2D eigenvalue weighted by Gasteiger charge is -1.98. The second kappa shape index (κ2) is 4.20. The first-order valence-corrected chi connectivity index (χ1v) is 3.54. The molecular weight excluding hydrogens is 172 g/mol. The molecule has 1 aromatic rings. The van der Waals surface area contributed by atoms with Gasteiger partial charge in [0.05, 0.1) is 11.8 Å². The van der Waals surface area contributed by atoms with E-state index in [-0.39, 0.29) is 12.0 Å². The van der Waals surface area contributed by atoms with Crippen LogP contribution in [0.15, 0.2) is 30.6 Å². The van der Waals surface area contributed by atoms with Gasteiger partial charge in [0.2, 0.25) is 0 Å². The fraction of sp³-hybridized carbons (Fsp3) is 0.125. The molecule has 0 saturated heterocycles. The number of carboxylic acids is 1. The summed E-state index contributed by atoms with van der Waals surface area (Å²) in [5.41, 5.74) is 0.556. The number of rotatable bonds is 3. The maximum Gasteiger partial charge on any atom is 0.335 e. The molecule has 5 nitrogen and oxygen atoms in total. The van der Waals surface area contributed by atoms with Crippen molar-refractivity contribution in [2.45, 2.75) is 6.42 Å². The van der Waals surface area contributed by atoms with Crippen molar-refractivity contribution < 1.29 is 15.0 Å². The summed E-state index contributed by atoms with van der Waals surface area (Å²) in [5, 5.41) is 17.1. The van der Waals surface area contributed by atoms with Crippen LogP contribution in [-0.4, -0.2) is 26.2 Å². The first kappa shape index (κ1) is 9.18. The van der Waals surface area contributed by atoms with Crippen molar-refractivity contribution in [2.24, 2.45) is 0 Å². The Bertz CT molecular complexity index is 321. The third kappa shape index (κ3) is 2.55. The zero-order chi connectivity index (χ0) is 9.68. The lowest BCUT2D eigenvalue weighted by molar-refractivity contribution is -0.132. The summed E-state index contributed by atoms with van der Waals surface area (Å²) < 4.78 is 0. The second-order valence-corrected chi connectivity index (χ2v) is 2.38. The third-order valence-corrected chi connectivity index (χ3v) is 1.44. The van der Waals surface area contributed by atoms with E-state index in [0.717, 1.165) is 0 Å². The number of carbonyl (C=O) groups is 1. The number of aliphatic hydroxyl groups excluding tert-OH is 1. The van der Waals surface area contributed by atoms with Crippen LogP contribution in [0.5, 0.6) is 0 Å². The van der Waals surface area contributed by atoms with Crippen LogP contribution < -0.4 is 0 Å². The summed E-state index contributed by atoms with van der Waals surface area (Å²) in [6.45, 7) is 0. The van der Waals surface area contributed by atoms with Crippen LogP contribution in [0.25, 0.3) is 0 Å². The van der Waals surface area contributed by atoms with Crippen LogP contribution in [0.3, 0.4) is 0 Å². The van der Waals surface area contributed by atoms with Crippen molar-refractivity contribution in [3.8, 4) is 0 Å². The molecule has 0 aliphatic heterocycles. The third-order valence-electron chi connectivity index (χ3n) is 1.44. The first-order chi connectivity index (χ1) is 6.24. The van der Waals surface area contributed by atoms with E-state index in [1.165, 1.54) is 18.7 Å². The lowest BCUT2D eigenvalue weighted by Crippen LogP contribution is -2.04. The van der Waals surface area contributed by atoms with Gasteiger partial charge in [-0.05, 0) is 5.56 Å². The maximum absolute atomic E-state index is 10.5. The van der Waals surface area contributed by atoms with E-state index in [0.29, 0.717) is 11.8 Å². The minimum absolute atomic E-state index is 0.0881. The van der Waals surface area contributed by atoms with Crippen LogP contribution in [0.4, 0.5) is 0 Å². The van der Waals surface area contributed by atoms with Gasteiger partial charge in [0.25, 0.3) is 0 Å². The van der Waals surface area contributed by atoms with E-state index in [9.17, 15) is 4.79 Å². The molecule has 0 saturated carbocycles. The molecule has 0 aliphatic carbocycles. The molecule has 0 unspecified atom stereocenters. The summed E-state index contributed by atoms with van der Waals surface area (Å²) in [7, 11) is 0. The van der Waals surface area contributed by atoms with Gasteiger partial charge in [-0.1, -0.05) is 0 Å². The van der Waals surface area contributed by atoms with E-state index >= 15 is 0 Å². The van der Waals surface area contributed by atoms with Crippen molar-refractivity contribution in [3.63, 3.8) is 0 Å². The first-order valence-electron chi connectivity index (χ1n) is 3.54. The Balaban J connectivity index is 2.74. The number of aliphatic hydroxyl groups is 1. The highest BCUT2D eigenvalue weighted by atomic mass is 16.4. The summed E-state index contributed by atoms with van der Waals surface area (Å²) in [4.78, 5) is 17.9. The van der Waals surface area contributed by atoms with E-state index in [1.807, 2.05) is 0 Å². The smallest absolute Gasteiger partial charge is 0.335 e. The summed E-state index contributed by atoms with van der Waals surface area (Å²) in [6, 6.07) is 0. The molecule has 0 fully saturated rings. The van der Waals surface area contributed by atoms with E-state index < -0.39 is 5.97 Å². The van der Waals surface area contributed by atoms with Gasteiger partial charge >= 0.3 is 5.97 Å². The van der Waals surface area contributed by atoms with Crippen LogP contribution in [-0.2, 0) is 11.2 Å². The van der Waals surface area contributed by atoms with Gasteiger partial charge in [0.15, 0.2) is 0 Å². The number of aliphatic carboxylic acids is 1. The minimum atomic E-state index is -1.15. The van der Waals surface area contributed by atoms with Crippen LogP contribution in [0.1, 0.15) is 5.56 Å². The number of carboxylic acid groups (broad SMARTS) is 1. The summed E-state index contributed by atoms with van der Waals surface area (Å²) >= 11 is 0. The molecule has 0 atom stereocenters. The topological polar surface area (TPSA) is 83.3 Å². The molecule has 0 spiro atoms. The molecular formula is C8H8N2O3. The highest BCUT2D eigenvalue weighted by Crippen LogP contribution is 2.04. The SMILES string of the molecule is O=C(O)C(=CO)Cc1cncnc1. The van der Waals surface area contributed by atoms with Crippen molar-refractivity contribution in [2.75, 3.05) is 0 Å². The molecule has 0 aliphatic rings. The Kier molecular flexibility index (Phi) is 2.97. The Morgan fingerprint density at radius 2 is 2.08 bits per heavy atom. The second-order valence-electron chi connectivity index (χ2n) is 2.38. The molecule has 0 aromatic carbocycles. The number of hydrogen-bond donors (Lipinski definition) is 2. The molecule has 68 valence electrons. The van der Waals surface area contributed by atoms with Crippen molar-refractivity contribution >= 4 is 5.97 Å².